The van der Waals surface area contributed by atoms with E-state index in [1.54, 1.807) is 13.8 Å². The van der Waals surface area contributed by atoms with Gasteiger partial charge in [-0.05, 0) is 54.7 Å². The SMILES string of the molecule is CCOP(=O)(OCC)OC(C#N)c1ccc(CCO[Si](C)(C)C(C)(C)C)c2ccccc12. The molecule has 1 unspecified atom stereocenters. The highest BCUT2D eigenvalue weighted by molar-refractivity contribution is 7.48. The fourth-order valence-corrected chi connectivity index (χ4v) is 5.45. The van der Waals surface area contributed by atoms with Crippen molar-refractivity contribution in [2.24, 2.45) is 0 Å². The molecule has 0 radical (unpaired) electrons. The summed E-state index contributed by atoms with van der Waals surface area (Å²) in [5, 5.41) is 11.9. The van der Waals surface area contributed by atoms with Crippen LogP contribution in [0.2, 0.25) is 18.1 Å². The normalized spacial score (nSPS) is 13.8. The molecule has 2 aromatic carbocycles. The van der Waals surface area contributed by atoms with Gasteiger partial charge in [0, 0.05) is 12.2 Å². The predicted octanol–water partition coefficient (Wildman–Crippen LogP) is 7.17. The van der Waals surface area contributed by atoms with Gasteiger partial charge in [0.05, 0.1) is 19.3 Å². The first-order valence-corrected chi connectivity index (χ1v) is 15.5. The Morgan fingerprint density at radius 1 is 1.03 bits per heavy atom. The molecule has 0 bridgehead atoms. The number of nitriles is 1. The van der Waals surface area contributed by atoms with Crippen molar-refractivity contribution >= 4 is 26.9 Å². The Morgan fingerprint density at radius 3 is 2.16 bits per heavy atom. The highest BCUT2D eigenvalue weighted by Crippen LogP contribution is 2.53. The first-order chi connectivity index (χ1) is 15.0. The van der Waals surface area contributed by atoms with Crippen LogP contribution in [-0.4, -0.2) is 28.1 Å². The van der Waals surface area contributed by atoms with E-state index in [0.717, 1.165) is 22.8 Å². The van der Waals surface area contributed by atoms with Gasteiger partial charge >= 0.3 is 7.82 Å². The minimum absolute atomic E-state index is 0.156. The van der Waals surface area contributed by atoms with Crippen LogP contribution in [-0.2, 0) is 29.0 Å². The zero-order chi connectivity index (χ0) is 24.0. The van der Waals surface area contributed by atoms with Gasteiger partial charge in [-0.15, -0.1) is 0 Å². The smallest absolute Gasteiger partial charge is 0.416 e. The van der Waals surface area contributed by atoms with Crippen LogP contribution in [0.3, 0.4) is 0 Å². The number of phosphoric acid groups is 1. The van der Waals surface area contributed by atoms with Gasteiger partial charge in [-0.1, -0.05) is 57.2 Å². The van der Waals surface area contributed by atoms with Crippen LogP contribution in [0.1, 0.15) is 51.8 Å². The number of benzene rings is 2. The third kappa shape index (κ3) is 6.51. The zero-order valence-electron chi connectivity index (χ0n) is 20.3. The van der Waals surface area contributed by atoms with E-state index in [-0.39, 0.29) is 18.3 Å². The maximum absolute atomic E-state index is 12.8. The Bertz CT molecular complexity index is 986. The van der Waals surface area contributed by atoms with E-state index < -0.39 is 22.2 Å². The van der Waals surface area contributed by atoms with E-state index in [0.29, 0.717) is 12.2 Å². The second-order valence-corrected chi connectivity index (χ2v) is 15.5. The molecule has 6 nitrogen and oxygen atoms in total. The second-order valence-electron chi connectivity index (χ2n) is 9.12. The Morgan fingerprint density at radius 2 is 1.62 bits per heavy atom. The first kappa shape index (κ1) is 26.7. The molecule has 0 amide bonds. The van der Waals surface area contributed by atoms with Crippen LogP contribution in [0.15, 0.2) is 36.4 Å². The summed E-state index contributed by atoms with van der Waals surface area (Å²) < 4.78 is 35.2. The molecule has 1 atom stereocenters. The monoisotopic (exact) mass is 477 g/mol. The Hall–Kier alpha value is -1.52. The summed E-state index contributed by atoms with van der Waals surface area (Å²) in [7, 11) is -5.66. The highest BCUT2D eigenvalue weighted by atomic mass is 31.2. The highest BCUT2D eigenvalue weighted by Gasteiger charge is 2.37. The molecule has 0 saturated carbocycles. The molecule has 2 rings (SSSR count). The Balaban J connectivity index is 2.33. The van der Waals surface area contributed by atoms with Gasteiger partial charge in [0.1, 0.15) is 0 Å². The van der Waals surface area contributed by atoms with Crippen molar-refractivity contribution < 1.29 is 22.6 Å². The lowest BCUT2D eigenvalue weighted by atomic mass is 9.95. The topological polar surface area (TPSA) is 77.8 Å². The van der Waals surface area contributed by atoms with Gasteiger partial charge in [0.25, 0.3) is 0 Å². The molecule has 8 heteroatoms. The van der Waals surface area contributed by atoms with Crippen LogP contribution < -0.4 is 0 Å². The lowest BCUT2D eigenvalue weighted by Crippen LogP contribution is -2.41. The summed E-state index contributed by atoms with van der Waals surface area (Å²) in [6.07, 6.45) is -0.316. The van der Waals surface area contributed by atoms with Gasteiger partial charge < -0.3 is 4.43 Å². The fraction of sp³-hybridized carbons (Fsp3) is 0.542. The average molecular weight is 478 g/mol. The van der Waals surface area contributed by atoms with Crippen molar-refractivity contribution in [3.8, 4) is 6.07 Å². The van der Waals surface area contributed by atoms with Crippen molar-refractivity contribution in [2.45, 2.75) is 65.3 Å². The quantitative estimate of drug-likeness (QED) is 0.252. The van der Waals surface area contributed by atoms with E-state index in [1.807, 2.05) is 36.4 Å². The molecule has 0 heterocycles. The number of hydrogen-bond donors (Lipinski definition) is 0. The molecule has 0 aliphatic rings. The van der Waals surface area contributed by atoms with Crippen LogP contribution in [0.4, 0.5) is 0 Å². The van der Waals surface area contributed by atoms with E-state index in [1.165, 1.54) is 0 Å². The van der Waals surface area contributed by atoms with E-state index in [9.17, 15) is 9.83 Å². The number of nitrogens with zero attached hydrogens (tertiary/aromatic N) is 1. The molecule has 0 N–H and O–H groups in total. The standard InChI is InChI=1S/C24H36NO5PSi/c1-8-27-31(26,28-9-2)30-23(18-25)22-15-14-19(20-12-10-11-13-21(20)22)16-17-29-32(6,7)24(3,4)5/h10-15,23H,8-9,16-17H2,1-7H3. The summed E-state index contributed by atoms with van der Waals surface area (Å²) in [5.74, 6) is 0. The largest absolute Gasteiger partial charge is 0.476 e. The fourth-order valence-electron chi connectivity index (χ4n) is 3.16. The second kappa shape index (κ2) is 11.1. The van der Waals surface area contributed by atoms with Gasteiger partial charge in [0.15, 0.2) is 14.4 Å². The molecule has 32 heavy (non-hydrogen) atoms. The van der Waals surface area contributed by atoms with E-state index >= 15 is 0 Å². The zero-order valence-corrected chi connectivity index (χ0v) is 22.2. The molecule has 0 spiro atoms. The molecule has 0 aliphatic heterocycles. The molecule has 176 valence electrons. The summed E-state index contributed by atoms with van der Waals surface area (Å²) in [5.41, 5.74) is 1.77. The van der Waals surface area contributed by atoms with Gasteiger partial charge in [0.2, 0.25) is 0 Å². The van der Waals surface area contributed by atoms with Crippen LogP contribution in [0, 0.1) is 11.3 Å². The lowest BCUT2D eigenvalue weighted by molar-refractivity contribution is 0.103. The number of hydrogen-bond acceptors (Lipinski definition) is 6. The van der Waals surface area contributed by atoms with Crippen molar-refractivity contribution in [1.82, 2.24) is 0 Å². The van der Waals surface area contributed by atoms with Gasteiger partial charge in [-0.25, -0.2) is 4.57 Å². The maximum atomic E-state index is 12.8. The molecular weight excluding hydrogens is 441 g/mol. The third-order valence-corrected chi connectivity index (χ3v) is 12.1. The number of rotatable bonds is 11. The minimum Gasteiger partial charge on any atom is -0.416 e. The molecule has 2 aromatic rings. The molecular formula is C24H36NO5PSi. The lowest BCUT2D eigenvalue weighted by Gasteiger charge is -2.36. The number of fused-ring (bicyclic) bond motifs is 1. The Labute approximate surface area is 193 Å². The molecule has 0 aromatic heterocycles. The van der Waals surface area contributed by atoms with E-state index in [2.05, 4.69) is 39.9 Å². The molecule has 0 saturated heterocycles. The van der Waals surface area contributed by atoms with Crippen molar-refractivity contribution in [3.63, 3.8) is 0 Å². The summed E-state index contributed by atoms with van der Waals surface area (Å²) >= 11 is 0. The average Bonchev–Trinajstić information content (AvgIpc) is 2.72. The van der Waals surface area contributed by atoms with E-state index in [4.69, 9.17) is 18.0 Å². The minimum atomic E-state index is -3.84. The maximum Gasteiger partial charge on any atom is 0.476 e. The van der Waals surface area contributed by atoms with Crippen molar-refractivity contribution in [2.75, 3.05) is 19.8 Å². The molecule has 0 fully saturated rings. The summed E-state index contributed by atoms with van der Waals surface area (Å²) in [6, 6.07) is 13.8. The summed E-state index contributed by atoms with van der Waals surface area (Å²) in [4.78, 5) is 0. The van der Waals surface area contributed by atoms with Crippen molar-refractivity contribution in [3.05, 3.63) is 47.5 Å². The number of phosphoric ester groups is 1. The van der Waals surface area contributed by atoms with Gasteiger partial charge in [-0.2, -0.15) is 5.26 Å². The van der Waals surface area contributed by atoms with Gasteiger partial charge in [-0.3, -0.25) is 13.6 Å². The van der Waals surface area contributed by atoms with Crippen LogP contribution >= 0.6 is 7.82 Å². The van der Waals surface area contributed by atoms with Crippen LogP contribution in [0.5, 0.6) is 0 Å². The third-order valence-electron chi connectivity index (χ3n) is 5.90. The first-order valence-electron chi connectivity index (χ1n) is 11.1. The van der Waals surface area contributed by atoms with Crippen molar-refractivity contribution in [1.29, 1.82) is 5.26 Å². The molecule has 0 aliphatic carbocycles. The Kier molecular flexibility index (Phi) is 9.24. The predicted molar refractivity (Wildman–Crippen MR) is 131 cm³/mol. The van der Waals surface area contributed by atoms with Crippen LogP contribution in [0.25, 0.3) is 10.8 Å². The summed E-state index contributed by atoms with van der Waals surface area (Å²) in [6.45, 7) is 15.5.